The van der Waals surface area contributed by atoms with Crippen LogP contribution in [0.3, 0.4) is 0 Å². The number of thiophene rings is 1. The molecule has 0 spiro atoms. The van der Waals surface area contributed by atoms with Gasteiger partial charge in [-0.05, 0) is 35.7 Å². The number of alkyl halides is 3. The Hall–Kier alpha value is -1.79. The summed E-state index contributed by atoms with van der Waals surface area (Å²) in [5.74, 6) is -0.445. The molecule has 1 N–H and O–H groups in total. The molecule has 0 unspecified atom stereocenters. The molecule has 0 aliphatic rings. The summed E-state index contributed by atoms with van der Waals surface area (Å²) in [5.41, 5.74) is -0.731. The van der Waals surface area contributed by atoms with Crippen molar-refractivity contribution < 1.29 is 18.0 Å². The highest BCUT2D eigenvalue weighted by Gasteiger charge is 2.33. The van der Waals surface area contributed by atoms with E-state index >= 15 is 0 Å². The molecule has 1 aromatic carbocycles. The van der Waals surface area contributed by atoms with Crippen molar-refractivity contribution in [2.24, 2.45) is 0 Å². The first kappa shape index (κ1) is 15.6. The molecule has 0 aliphatic heterocycles. The van der Waals surface area contributed by atoms with Crippen molar-refractivity contribution >= 4 is 40.6 Å². The molecule has 110 valence electrons. The number of carbonyl (C=O) groups is 1. The summed E-state index contributed by atoms with van der Waals surface area (Å²) in [7, 11) is 0. The SMILES string of the molecule is O=C(/C=C/c1cccs1)Nc1ccc(C(F)(F)F)c(Cl)c1. The number of carbonyl (C=O) groups excluding carboxylic acids is 1. The van der Waals surface area contributed by atoms with Gasteiger partial charge in [0.2, 0.25) is 5.91 Å². The molecule has 7 heteroatoms. The number of hydrogen-bond acceptors (Lipinski definition) is 2. The van der Waals surface area contributed by atoms with Gasteiger partial charge in [0.25, 0.3) is 0 Å². The van der Waals surface area contributed by atoms with Gasteiger partial charge in [-0.25, -0.2) is 0 Å². The minimum atomic E-state index is -4.52. The first-order chi connectivity index (χ1) is 9.86. The minimum Gasteiger partial charge on any atom is -0.322 e. The standard InChI is InChI=1S/C14H9ClF3NOS/c15-12-8-9(3-5-11(12)14(16,17)18)19-13(20)6-4-10-2-1-7-21-10/h1-8H,(H,19,20)/b6-4+. The van der Waals surface area contributed by atoms with Crippen LogP contribution >= 0.6 is 22.9 Å². The second kappa shape index (κ2) is 6.32. The van der Waals surface area contributed by atoms with Gasteiger partial charge >= 0.3 is 6.18 Å². The Labute approximate surface area is 127 Å². The van der Waals surface area contributed by atoms with Crippen molar-refractivity contribution in [3.8, 4) is 0 Å². The van der Waals surface area contributed by atoms with E-state index in [9.17, 15) is 18.0 Å². The van der Waals surface area contributed by atoms with Crippen LogP contribution in [0.2, 0.25) is 5.02 Å². The molecule has 0 bridgehead atoms. The van der Waals surface area contributed by atoms with Crippen molar-refractivity contribution in [2.75, 3.05) is 5.32 Å². The Morgan fingerprint density at radius 2 is 2.05 bits per heavy atom. The molecular weight excluding hydrogens is 323 g/mol. The Morgan fingerprint density at radius 1 is 1.29 bits per heavy atom. The zero-order chi connectivity index (χ0) is 15.5. The summed E-state index contributed by atoms with van der Waals surface area (Å²) in [6.07, 6.45) is -1.60. The first-order valence-corrected chi connectivity index (χ1v) is 7.01. The highest BCUT2D eigenvalue weighted by Crippen LogP contribution is 2.35. The van der Waals surface area contributed by atoms with Crippen molar-refractivity contribution in [2.45, 2.75) is 6.18 Å². The highest BCUT2D eigenvalue weighted by atomic mass is 35.5. The average Bonchev–Trinajstić information content (AvgIpc) is 2.88. The molecule has 2 nitrogen and oxygen atoms in total. The number of benzene rings is 1. The third-order valence-corrected chi connectivity index (χ3v) is 3.63. The molecule has 21 heavy (non-hydrogen) atoms. The van der Waals surface area contributed by atoms with E-state index in [0.717, 1.165) is 23.1 Å². The van der Waals surface area contributed by atoms with E-state index in [1.165, 1.54) is 17.4 Å². The van der Waals surface area contributed by atoms with E-state index in [1.54, 1.807) is 6.08 Å². The van der Waals surface area contributed by atoms with Crippen LogP contribution in [0.25, 0.3) is 6.08 Å². The molecule has 0 radical (unpaired) electrons. The normalized spacial score (nSPS) is 11.8. The number of halogens is 4. The summed E-state index contributed by atoms with van der Waals surface area (Å²) < 4.78 is 37.6. The molecular formula is C14H9ClF3NOS. The van der Waals surface area contributed by atoms with Crippen LogP contribution in [0.5, 0.6) is 0 Å². The summed E-state index contributed by atoms with van der Waals surface area (Å²) in [5, 5.41) is 3.86. The molecule has 2 rings (SSSR count). The van der Waals surface area contributed by atoms with E-state index in [0.29, 0.717) is 0 Å². The highest BCUT2D eigenvalue weighted by molar-refractivity contribution is 7.10. The first-order valence-electron chi connectivity index (χ1n) is 5.75. The predicted molar refractivity (Wildman–Crippen MR) is 78.4 cm³/mol. The van der Waals surface area contributed by atoms with Crippen molar-refractivity contribution in [1.82, 2.24) is 0 Å². The number of amides is 1. The van der Waals surface area contributed by atoms with Crippen molar-refractivity contribution in [3.05, 3.63) is 57.3 Å². The average molecular weight is 332 g/mol. The van der Waals surface area contributed by atoms with Crippen molar-refractivity contribution in [1.29, 1.82) is 0 Å². The van der Waals surface area contributed by atoms with Crippen LogP contribution in [-0.2, 0) is 11.0 Å². The summed E-state index contributed by atoms with van der Waals surface area (Å²) in [4.78, 5) is 12.5. The second-order valence-electron chi connectivity index (χ2n) is 4.03. The smallest absolute Gasteiger partial charge is 0.322 e. The topological polar surface area (TPSA) is 29.1 Å². The molecule has 1 aromatic heterocycles. The largest absolute Gasteiger partial charge is 0.417 e. The zero-order valence-electron chi connectivity index (χ0n) is 10.4. The number of anilines is 1. The van der Waals surface area contributed by atoms with Gasteiger partial charge in [-0.15, -0.1) is 11.3 Å². The summed E-state index contributed by atoms with van der Waals surface area (Å²) in [6.45, 7) is 0. The van der Waals surface area contributed by atoms with E-state index in [1.807, 2.05) is 17.5 Å². The number of rotatable bonds is 3. The van der Waals surface area contributed by atoms with Gasteiger partial charge in [-0.3, -0.25) is 4.79 Å². The molecule has 0 fully saturated rings. The molecule has 0 saturated carbocycles. The second-order valence-corrected chi connectivity index (χ2v) is 5.42. The van der Waals surface area contributed by atoms with Crippen LogP contribution in [0.1, 0.15) is 10.4 Å². The van der Waals surface area contributed by atoms with Crippen LogP contribution in [0, 0.1) is 0 Å². The molecule has 1 heterocycles. The number of hydrogen-bond donors (Lipinski definition) is 1. The number of nitrogens with one attached hydrogen (secondary N) is 1. The summed E-state index contributed by atoms with van der Waals surface area (Å²) in [6, 6.07) is 6.75. The van der Waals surface area contributed by atoms with Gasteiger partial charge in [-0.1, -0.05) is 17.7 Å². The van der Waals surface area contributed by atoms with E-state index in [-0.39, 0.29) is 5.69 Å². The Balaban J connectivity index is 2.06. The van der Waals surface area contributed by atoms with E-state index in [4.69, 9.17) is 11.6 Å². The summed E-state index contributed by atoms with van der Waals surface area (Å²) >= 11 is 7.03. The quantitative estimate of drug-likeness (QED) is 0.781. The maximum Gasteiger partial charge on any atom is 0.417 e. The Kier molecular flexibility index (Phi) is 4.69. The monoisotopic (exact) mass is 331 g/mol. The lowest BCUT2D eigenvalue weighted by atomic mass is 10.2. The zero-order valence-corrected chi connectivity index (χ0v) is 12.0. The maximum atomic E-state index is 12.5. The predicted octanol–water partition coefficient (Wildman–Crippen LogP) is 5.07. The van der Waals surface area contributed by atoms with Crippen LogP contribution in [0.4, 0.5) is 18.9 Å². The van der Waals surface area contributed by atoms with Crippen LogP contribution < -0.4 is 5.32 Å². The van der Waals surface area contributed by atoms with Gasteiger partial charge in [-0.2, -0.15) is 13.2 Å². The van der Waals surface area contributed by atoms with E-state index < -0.39 is 22.7 Å². The Morgan fingerprint density at radius 3 is 2.62 bits per heavy atom. The lowest BCUT2D eigenvalue weighted by Crippen LogP contribution is -2.09. The fraction of sp³-hybridized carbons (Fsp3) is 0.0714. The van der Waals surface area contributed by atoms with Gasteiger partial charge in [0.1, 0.15) is 0 Å². The molecule has 1 amide bonds. The van der Waals surface area contributed by atoms with Gasteiger partial charge < -0.3 is 5.32 Å². The molecule has 0 atom stereocenters. The fourth-order valence-electron chi connectivity index (χ4n) is 1.55. The lowest BCUT2D eigenvalue weighted by molar-refractivity contribution is -0.137. The maximum absolute atomic E-state index is 12.5. The van der Waals surface area contributed by atoms with E-state index in [2.05, 4.69) is 5.32 Å². The van der Waals surface area contributed by atoms with Gasteiger partial charge in [0, 0.05) is 16.6 Å². The van der Waals surface area contributed by atoms with Gasteiger partial charge in [0.15, 0.2) is 0 Å². The molecule has 2 aromatic rings. The minimum absolute atomic E-state index is 0.203. The molecule has 0 aliphatic carbocycles. The van der Waals surface area contributed by atoms with Crippen LogP contribution in [-0.4, -0.2) is 5.91 Å². The fourth-order valence-corrected chi connectivity index (χ4v) is 2.46. The third kappa shape index (κ3) is 4.34. The van der Waals surface area contributed by atoms with Crippen LogP contribution in [0.15, 0.2) is 41.8 Å². The van der Waals surface area contributed by atoms with Gasteiger partial charge in [0.05, 0.1) is 10.6 Å². The van der Waals surface area contributed by atoms with Crippen molar-refractivity contribution in [3.63, 3.8) is 0 Å². The molecule has 0 saturated heterocycles. The lowest BCUT2D eigenvalue weighted by Gasteiger charge is -2.10. The third-order valence-electron chi connectivity index (χ3n) is 2.48. The Bertz CT molecular complexity index is 665.